The molecule has 0 unspecified atom stereocenters. The van der Waals surface area contributed by atoms with E-state index in [0.29, 0.717) is 11.5 Å². The normalized spacial score (nSPS) is 10.2. The summed E-state index contributed by atoms with van der Waals surface area (Å²) in [6.45, 7) is 2.05. The third kappa shape index (κ3) is 3.36. The molecule has 2 N–H and O–H groups in total. The molecule has 1 aromatic heterocycles. The molecule has 0 saturated carbocycles. The molecule has 0 aliphatic rings. The SMILES string of the molecule is CCc1cc(Br)ccc1NC(=O)c1cccc(NC)n1. The highest BCUT2D eigenvalue weighted by atomic mass is 79.9. The second kappa shape index (κ2) is 6.52. The van der Waals surface area contributed by atoms with E-state index >= 15 is 0 Å². The molecule has 1 amide bonds. The zero-order chi connectivity index (χ0) is 14.5. The molecule has 104 valence electrons. The van der Waals surface area contributed by atoms with Crippen LogP contribution in [0.25, 0.3) is 0 Å². The maximum atomic E-state index is 12.2. The van der Waals surface area contributed by atoms with Gasteiger partial charge in [0.25, 0.3) is 5.91 Å². The third-order valence-electron chi connectivity index (χ3n) is 2.93. The van der Waals surface area contributed by atoms with Crippen LogP contribution in [0.15, 0.2) is 40.9 Å². The number of aromatic nitrogens is 1. The van der Waals surface area contributed by atoms with Gasteiger partial charge in [-0.2, -0.15) is 0 Å². The van der Waals surface area contributed by atoms with Gasteiger partial charge in [0, 0.05) is 17.2 Å². The van der Waals surface area contributed by atoms with Crippen LogP contribution in [0, 0.1) is 0 Å². The Labute approximate surface area is 126 Å². The van der Waals surface area contributed by atoms with Crippen molar-refractivity contribution < 1.29 is 4.79 Å². The Morgan fingerprint density at radius 2 is 2.10 bits per heavy atom. The monoisotopic (exact) mass is 333 g/mol. The highest BCUT2D eigenvalue weighted by Crippen LogP contribution is 2.22. The first-order chi connectivity index (χ1) is 9.63. The molecule has 0 saturated heterocycles. The number of rotatable bonds is 4. The average molecular weight is 334 g/mol. The van der Waals surface area contributed by atoms with E-state index in [4.69, 9.17) is 0 Å². The van der Waals surface area contributed by atoms with E-state index in [2.05, 4.69) is 38.5 Å². The summed E-state index contributed by atoms with van der Waals surface area (Å²) in [5.74, 6) is 0.461. The second-order valence-electron chi connectivity index (χ2n) is 4.27. The molecule has 0 spiro atoms. The van der Waals surface area contributed by atoms with Gasteiger partial charge < -0.3 is 10.6 Å². The number of nitrogens with zero attached hydrogens (tertiary/aromatic N) is 1. The van der Waals surface area contributed by atoms with Gasteiger partial charge in [-0.3, -0.25) is 4.79 Å². The van der Waals surface area contributed by atoms with Crippen LogP contribution in [0.4, 0.5) is 11.5 Å². The number of aryl methyl sites for hydroxylation is 1. The minimum atomic E-state index is -0.209. The summed E-state index contributed by atoms with van der Waals surface area (Å²) in [7, 11) is 1.77. The summed E-state index contributed by atoms with van der Waals surface area (Å²) in [6, 6.07) is 11.1. The smallest absolute Gasteiger partial charge is 0.274 e. The van der Waals surface area contributed by atoms with E-state index in [1.807, 2.05) is 24.3 Å². The van der Waals surface area contributed by atoms with Crippen molar-refractivity contribution in [3.63, 3.8) is 0 Å². The summed E-state index contributed by atoms with van der Waals surface area (Å²) in [4.78, 5) is 16.5. The summed E-state index contributed by atoms with van der Waals surface area (Å²) in [5.41, 5.74) is 2.29. The largest absolute Gasteiger partial charge is 0.373 e. The topological polar surface area (TPSA) is 54.0 Å². The molecular weight excluding hydrogens is 318 g/mol. The second-order valence-corrected chi connectivity index (χ2v) is 5.18. The molecular formula is C15H16BrN3O. The van der Waals surface area contributed by atoms with Crippen LogP contribution in [0.5, 0.6) is 0 Å². The first-order valence-electron chi connectivity index (χ1n) is 6.38. The van der Waals surface area contributed by atoms with Crippen LogP contribution in [0.2, 0.25) is 0 Å². The number of benzene rings is 1. The maximum Gasteiger partial charge on any atom is 0.274 e. The van der Waals surface area contributed by atoms with Gasteiger partial charge in [-0.1, -0.05) is 28.9 Å². The summed E-state index contributed by atoms with van der Waals surface area (Å²) < 4.78 is 1.00. The van der Waals surface area contributed by atoms with Crippen molar-refractivity contribution in [1.82, 2.24) is 4.98 Å². The van der Waals surface area contributed by atoms with Crippen molar-refractivity contribution in [3.05, 3.63) is 52.1 Å². The van der Waals surface area contributed by atoms with Crippen LogP contribution in [0.3, 0.4) is 0 Å². The van der Waals surface area contributed by atoms with Crippen LogP contribution >= 0.6 is 15.9 Å². The first kappa shape index (κ1) is 14.5. The van der Waals surface area contributed by atoms with Crippen LogP contribution in [-0.4, -0.2) is 17.9 Å². The minimum Gasteiger partial charge on any atom is -0.373 e. The number of anilines is 2. The zero-order valence-electron chi connectivity index (χ0n) is 11.4. The summed E-state index contributed by atoms with van der Waals surface area (Å²) in [6.07, 6.45) is 0.846. The fourth-order valence-electron chi connectivity index (χ4n) is 1.86. The van der Waals surface area contributed by atoms with Gasteiger partial charge in [0.2, 0.25) is 0 Å². The van der Waals surface area contributed by atoms with Crippen molar-refractivity contribution in [2.24, 2.45) is 0 Å². The molecule has 1 aromatic carbocycles. The highest BCUT2D eigenvalue weighted by molar-refractivity contribution is 9.10. The lowest BCUT2D eigenvalue weighted by molar-refractivity contribution is 0.102. The van der Waals surface area contributed by atoms with Gasteiger partial charge in [0.05, 0.1) is 0 Å². The molecule has 0 radical (unpaired) electrons. The number of hydrogen-bond acceptors (Lipinski definition) is 3. The summed E-state index contributed by atoms with van der Waals surface area (Å²) in [5, 5.41) is 5.83. The van der Waals surface area contributed by atoms with E-state index in [9.17, 15) is 4.79 Å². The molecule has 20 heavy (non-hydrogen) atoms. The molecule has 0 bridgehead atoms. The standard InChI is InChI=1S/C15H16BrN3O/c1-3-10-9-11(16)7-8-12(10)19-15(20)13-5-4-6-14(17-2)18-13/h4-9H,3H2,1-2H3,(H,17,18)(H,19,20). The average Bonchev–Trinajstić information content (AvgIpc) is 2.49. The van der Waals surface area contributed by atoms with Crippen LogP contribution < -0.4 is 10.6 Å². The fraction of sp³-hybridized carbons (Fsp3) is 0.200. The number of pyridine rings is 1. The lowest BCUT2D eigenvalue weighted by Crippen LogP contribution is -2.15. The van der Waals surface area contributed by atoms with Gasteiger partial charge in [-0.25, -0.2) is 4.98 Å². The minimum absolute atomic E-state index is 0.209. The number of nitrogens with one attached hydrogen (secondary N) is 2. The number of carbonyl (C=O) groups is 1. The number of hydrogen-bond donors (Lipinski definition) is 2. The Balaban J connectivity index is 2.23. The number of amides is 1. The number of carbonyl (C=O) groups excluding carboxylic acids is 1. The molecule has 2 rings (SSSR count). The Hall–Kier alpha value is -1.88. The molecule has 1 heterocycles. The maximum absolute atomic E-state index is 12.2. The lowest BCUT2D eigenvalue weighted by atomic mass is 10.1. The Morgan fingerprint density at radius 1 is 1.30 bits per heavy atom. The highest BCUT2D eigenvalue weighted by Gasteiger charge is 2.10. The van der Waals surface area contributed by atoms with Gasteiger partial charge in [-0.05, 0) is 42.3 Å². The van der Waals surface area contributed by atoms with E-state index in [0.717, 1.165) is 22.1 Å². The molecule has 0 atom stereocenters. The molecule has 4 nitrogen and oxygen atoms in total. The number of halogens is 1. The van der Waals surface area contributed by atoms with E-state index < -0.39 is 0 Å². The van der Waals surface area contributed by atoms with Crippen molar-refractivity contribution in [2.75, 3.05) is 17.7 Å². The Bertz CT molecular complexity index is 628. The van der Waals surface area contributed by atoms with Crippen LogP contribution in [0.1, 0.15) is 23.0 Å². The first-order valence-corrected chi connectivity index (χ1v) is 7.18. The Kier molecular flexibility index (Phi) is 4.74. The fourth-order valence-corrected chi connectivity index (χ4v) is 2.27. The molecule has 0 aliphatic heterocycles. The van der Waals surface area contributed by atoms with Crippen molar-refractivity contribution >= 4 is 33.3 Å². The van der Waals surface area contributed by atoms with Gasteiger partial charge in [-0.15, -0.1) is 0 Å². The lowest BCUT2D eigenvalue weighted by Gasteiger charge is -2.10. The van der Waals surface area contributed by atoms with Gasteiger partial charge in [0.1, 0.15) is 11.5 Å². The van der Waals surface area contributed by atoms with Crippen molar-refractivity contribution in [2.45, 2.75) is 13.3 Å². The quantitative estimate of drug-likeness (QED) is 0.896. The molecule has 5 heteroatoms. The van der Waals surface area contributed by atoms with Gasteiger partial charge in [0.15, 0.2) is 0 Å². The third-order valence-corrected chi connectivity index (χ3v) is 3.43. The Morgan fingerprint density at radius 3 is 2.80 bits per heavy atom. The summed E-state index contributed by atoms with van der Waals surface area (Å²) >= 11 is 3.43. The predicted molar refractivity (Wildman–Crippen MR) is 85.3 cm³/mol. The molecule has 0 fully saturated rings. The molecule has 2 aromatic rings. The van der Waals surface area contributed by atoms with E-state index in [1.165, 1.54) is 0 Å². The molecule has 0 aliphatic carbocycles. The van der Waals surface area contributed by atoms with E-state index in [-0.39, 0.29) is 5.91 Å². The zero-order valence-corrected chi connectivity index (χ0v) is 13.0. The van der Waals surface area contributed by atoms with Gasteiger partial charge >= 0.3 is 0 Å². The van der Waals surface area contributed by atoms with E-state index in [1.54, 1.807) is 19.2 Å². The van der Waals surface area contributed by atoms with Crippen molar-refractivity contribution in [1.29, 1.82) is 0 Å². The van der Waals surface area contributed by atoms with Crippen LogP contribution in [-0.2, 0) is 6.42 Å². The van der Waals surface area contributed by atoms with Crippen molar-refractivity contribution in [3.8, 4) is 0 Å². The predicted octanol–water partition coefficient (Wildman–Crippen LogP) is 3.70.